The van der Waals surface area contributed by atoms with Crippen LogP contribution in [0.1, 0.15) is 30.4 Å². The van der Waals surface area contributed by atoms with E-state index in [1.165, 1.54) is 0 Å². The van der Waals surface area contributed by atoms with Crippen LogP contribution in [0.3, 0.4) is 0 Å². The molecule has 0 aliphatic rings. The normalized spacial score (nSPS) is 11.6. The van der Waals surface area contributed by atoms with Gasteiger partial charge in [-0.2, -0.15) is 0 Å². The third kappa shape index (κ3) is 4.95. The zero-order chi connectivity index (χ0) is 16.7. The second kappa shape index (κ2) is 8.13. The number of rotatable bonds is 6. The van der Waals surface area contributed by atoms with E-state index in [1.807, 2.05) is 62.4 Å². The third-order valence-corrected chi connectivity index (χ3v) is 3.54. The number of benzene rings is 2. The Labute approximate surface area is 136 Å². The summed E-state index contributed by atoms with van der Waals surface area (Å²) >= 11 is 0. The van der Waals surface area contributed by atoms with Crippen molar-refractivity contribution in [2.45, 2.75) is 26.2 Å². The fraction of sp³-hybridized carbons (Fsp3) is 0.263. The third-order valence-electron chi connectivity index (χ3n) is 3.54. The number of carbonyl (C=O) groups excluding carboxylic acids is 2. The molecule has 0 unspecified atom stereocenters. The molecule has 1 amide bonds. The monoisotopic (exact) mass is 311 g/mol. The number of anilines is 1. The summed E-state index contributed by atoms with van der Waals surface area (Å²) in [7, 11) is 0. The molecule has 120 valence electrons. The lowest BCUT2D eigenvalue weighted by Crippen LogP contribution is -2.23. The number of aryl methyl sites for hydroxylation is 1. The van der Waals surface area contributed by atoms with Crippen molar-refractivity contribution in [2.24, 2.45) is 0 Å². The first-order valence-electron chi connectivity index (χ1n) is 7.68. The molecular weight excluding hydrogens is 290 g/mol. The summed E-state index contributed by atoms with van der Waals surface area (Å²) in [6.45, 7) is 3.59. The Bertz CT molecular complexity index is 667. The first-order valence-corrected chi connectivity index (χ1v) is 7.68. The highest BCUT2D eigenvalue weighted by atomic mass is 16.5. The standard InChI is InChI=1S/C19H21NO3/c1-3-17(15-9-5-4-6-10-15)19(22)23-13-18(21)20-16-11-7-8-14(2)12-16/h4-12,17H,3,13H2,1-2H3,(H,20,21)/t17-/m1/s1. The van der Waals surface area contributed by atoms with Crippen LogP contribution in [-0.2, 0) is 14.3 Å². The van der Waals surface area contributed by atoms with Crippen LogP contribution in [0.25, 0.3) is 0 Å². The summed E-state index contributed by atoms with van der Waals surface area (Å²) in [6, 6.07) is 16.9. The van der Waals surface area contributed by atoms with Crippen LogP contribution in [0, 0.1) is 6.92 Å². The van der Waals surface area contributed by atoms with Crippen LogP contribution in [-0.4, -0.2) is 18.5 Å². The van der Waals surface area contributed by atoms with Crippen molar-refractivity contribution in [3.05, 3.63) is 65.7 Å². The molecule has 1 atom stereocenters. The highest BCUT2D eigenvalue weighted by Crippen LogP contribution is 2.20. The SMILES string of the molecule is CC[C@@H](C(=O)OCC(=O)Nc1cccc(C)c1)c1ccccc1. The van der Waals surface area contributed by atoms with Crippen molar-refractivity contribution < 1.29 is 14.3 Å². The van der Waals surface area contributed by atoms with Gasteiger partial charge < -0.3 is 10.1 Å². The summed E-state index contributed by atoms with van der Waals surface area (Å²) in [5, 5.41) is 2.72. The average molecular weight is 311 g/mol. The lowest BCUT2D eigenvalue weighted by molar-refractivity contribution is -0.149. The maximum atomic E-state index is 12.2. The average Bonchev–Trinajstić information content (AvgIpc) is 2.55. The van der Waals surface area contributed by atoms with Gasteiger partial charge in [0.25, 0.3) is 5.91 Å². The van der Waals surface area contributed by atoms with Crippen molar-refractivity contribution in [1.29, 1.82) is 0 Å². The number of ether oxygens (including phenoxy) is 1. The van der Waals surface area contributed by atoms with Crippen molar-refractivity contribution in [1.82, 2.24) is 0 Å². The molecule has 0 spiro atoms. The first-order chi connectivity index (χ1) is 11.1. The smallest absolute Gasteiger partial charge is 0.313 e. The Morgan fingerprint density at radius 1 is 1.09 bits per heavy atom. The minimum Gasteiger partial charge on any atom is -0.455 e. The van der Waals surface area contributed by atoms with Crippen molar-refractivity contribution in [2.75, 3.05) is 11.9 Å². The topological polar surface area (TPSA) is 55.4 Å². The molecule has 0 radical (unpaired) electrons. The summed E-state index contributed by atoms with van der Waals surface area (Å²) in [6.07, 6.45) is 0.627. The molecule has 0 aliphatic carbocycles. The number of esters is 1. The molecule has 0 aromatic heterocycles. The van der Waals surface area contributed by atoms with Crippen LogP contribution in [0.4, 0.5) is 5.69 Å². The Balaban J connectivity index is 1.89. The van der Waals surface area contributed by atoms with Gasteiger partial charge >= 0.3 is 5.97 Å². The van der Waals surface area contributed by atoms with Gasteiger partial charge in [-0.3, -0.25) is 9.59 Å². The van der Waals surface area contributed by atoms with Crippen LogP contribution in [0.2, 0.25) is 0 Å². The molecule has 0 saturated carbocycles. The van der Waals surface area contributed by atoms with Gasteiger partial charge in [0.2, 0.25) is 0 Å². The molecule has 23 heavy (non-hydrogen) atoms. The van der Waals surface area contributed by atoms with Crippen molar-refractivity contribution >= 4 is 17.6 Å². The molecule has 0 saturated heterocycles. The quantitative estimate of drug-likeness (QED) is 0.828. The number of hydrogen-bond donors (Lipinski definition) is 1. The second-order valence-electron chi connectivity index (χ2n) is 5.40. The fourth-order valence-corrected chi connectivity index (χ4v) is 2.38. The molecule has 0 aliphatic heterocycles. The van der Waals surface area contributed by atoms with Crippen molar-refractivity contribution in [3.63, 3.8) is 0 Å². The first kappa shape index (κ1) is 16.7. The molecular formula is C19H21NO3. The van der Waals surface area contributed by atoms with Crippen LogP contribution >= 0.6 is 0 Å². The highest BCUT2D eigenvalue weighted by molar-refractivity contribution is 5.93. The number of hydrogen-bond acceptors (Lipinski definition) is 3. The maximum Gasteiger partial charge on any atom is 0.313 e. The molecule has 4 nitrogen and oxygen atoms in total. The summed E-state index contributed by atoms with van der Waals surface area (Å²) in [5.41, 5.74) is 2.65. The van der Waals surface area contributed by atoms with Crippen LogP contribution < -0.4 is 5.32 Å². The lowest BCUT2D eigenvalue weighted by Gasteiger charge is -2.14. The van der Waals surface area contributed by atoms with Gasteiger partial charge in [-0.1, -0.05) is 49.4 Å². The van der Waals surface area contributed by atoms with Gasteiger partial charge in [-0.15, -0.1) is 0 Å². The minimum atomic E-state index is -0.377. The van der Waals surface area contributed by atoms with E-state index in [1.54, 1.807) is 6.07 Å². The molecule has 2 aromatic rings. The lowest BCUT2D eigenvalue weighted by atomic mass is 9.97. The molecule has 0 heterocycles. The predicted molar refractivity (Wildman–Crippen MR) is 90.2 cm³/mol. The van der Waals surface area contributed by atoms with E-state index < -0.39 is 0 Å². The maximum absolute atomic E-state index is 12.2. The number of carbonyl (C=O) groups is 2. The zero-order valence-electron chi connectivity index (χ0n) is 13.4. The highest BCUT2D eigenvalue weighted by Gasteiger charge is 2.20. The molecule has 4 heteroatoms. The van der Waals surface area contributed by atoms with Gasteiger partial charge in [0.1, 0.15) is 0 Å². The van der Waals surface area contributed by atoms with E-state index in [-0.39, 0.29) is 24.4 Å². The van der Waals surface area contributed by atoms with E-state index in [0.717, 1.165) is 11.1 Å². The van der Waals surface area contributed by atoms with Crippen LogP contribution in [0.5, 0.6) is 0 Å². The van der Waals surface area contributed by atoms with Gasteiger partial charge in [0.15, 0.2) is 6.61 Å². The molecule has 0 fully saturated rings. The molecule has 2 aromatic carbocycles. The number of amides is 1. The predicted octanol–water partition coefficient (Wildman–Crippen LogP) is 3.67. The fourth-order valence-electron chi connectivity index (χ4n) is 2.38. The summed E-state index contributed by atoms with van der Waals surface area (Å²) in [5.74, 6) is -1.06. The molecule has 2 rings (SSSR count). The van der Waals surface area contributed by atoms with Crippen molar-refractivity contribution in [3.8, 4) is 0 Å². The Hall–Kier alpha value is -2.62. The van der Waals surface area contributed by atoms with E-state index in [9.17, 15) is 9.59 Å². The van der Waals surface area contributed by atoms with E-state index in [0.29, 0.717) is 12.1 Å². The Morgan fingerprint density at radius 3 is 2.48 bits per heavy atom. The summed E-state index contributed by atoms with van der Waals surface area (Å²) < 4.78 is 5.16. The van der Waals surface area contributed by atoms with Gasteiger partial charge in [-0.25, -0.2) is 0 Å². The molecule has 0 bridgehead atoms. The Morgan fingerprint density at radius 2 is 1.83 bits per heavy atom. The Kier molecular flexibility index (Phi) is 5.92. The van der Waals surface area contributed by atoms with Gasteiger partial charge in [0, 0.05) is 5.69 Å². The largest absolute Gasteiger partial charge is 0.455 e. The van der Waals surface area contributed by atoms with Gasteiger partial charge in [-0.05, 0) is 36.6 Å². The summed E-state index contributed by atoms with van der Waals surface area (Å²) in [4.78, 5) is 24.1. The van der Waals surface area contributed by atoms with Gasteiger partial charge in [0.05, 0.1) is 5.92 Å². The molecule has 1 N–H and O–H groups in total. The van der Waals surface area contributed by atoms with Crippen LogP contribution in [0.15, 0.2) is 54.6 Å². The van der Waals surface area contributed by atoms with E-state index >= 15 is 0 Å². The zero-order valence-corrected chi connectivity index (χ0v) is 13.4. The van der Waals surface area contributed by atoms with E-state index in [2.05, 4.69) is 5.32 Å². The minimum absolute atomic E-state index is 0.282. The van der Waals surface area contributed by atoms with E-state index in [4.69, 9.17) is 4.74 Å². The number of nitrogens with one attached hydrogen (secondary N) is 1. The second-order valence-corrected chi connectivity index (χ2v) is 5.40.